The fraction of sp³-hybridized carbons (Fsp3) is 0.250. The molecule has 2 heterocycles. The molecule has 0 saturated heterocycles. The molecule has 5 nitrogen and oxygen atoms in total. The van der Waals surface area contributed by atoms with Crippen LogP contribution in [0.15, 0.2) is 24.3 Å². The Morgan fingerprint density at radius 3 is 3.00 bits per heavy atom. The summed E-state index contributed by atoms with van der Waals surface area (Å²) in [4.78, 5) is 0.784. The third-order valence-electron chi connectivity index (χ3n) is 2.56. The van der Waals surface area contributed by atoms with Crippen molar-refractivity contribution in [2.45, 2.75) is 12.4 Å². The fourth-order valence-electron chi connectivity index (χ4n) is 1.68. The molecule has 0 unspecified atom stereocenters. The maximum absolute atomic E-state index is 6.04. The van der Waals surface area contributed by atoms with Crippen molar-refractivity contribution in [1.82, 2.24) is 19.8 Å². The Labute approximate surface area is 128 Å². The number of benzene rings is 1. The van der Waals surface area contributed by atoms with E-state index in [1.54, 1.807) is 22.3 Å². The highest BCUT2D eigenvalue weighted by Crippen LogP contribution is 2.25. The van der Waals surface area contributed by atoms with Gasteiger partial charge in [0, 0.05) is 0 Å². The molecule has 0 spiro atoms. The highest BCUT2D eigenvalue weighted by Gasteiger charge is 2.12. The molecule has 20 heavy (non-hydrogen) atoms. The van der Waals surface area contributed by atoms with E-state index >= 15 is 0 Å². The first-order valence-corrected chi connectivity index (χ1v) is 8.43. The molecule has 0 aliphatic rings. The molecular formula is C12H11ClN4OS2. The molecule has 1 aromatic carbocycles. The average Bonchev–Trinajstić information content (AvgIpc) is 3.00. The van der Waals surface area contributed by atoms with Gasteiger partial charge in [0.1, 0.15) is 12.4 Å². The number of para-hydroxylation sites is 1. The molecule has 0 N–H and O–H groups in total. The SMILES string of the molecule is CSCc1nnc2sc(COc3ccccc3Cl)nn12. The van der Waals surface area contributed by atoms with E-state index in [1.165, 1.54) is 11.3 Å². The van der Waals surface area contributed by atoms with Crippen molar-refractivity contribution in [2.24, 2.45) is 0 Å². The Balaban J connectivity index is 1.76. The van der Waals surface area contributed by atoms with Crippen LogP contribution in [0.3, 0.4) is 0 Å². The van der Waals surface area contributed by atoms with Gasteiger partial charge < -0.3 is 4.74 Å². The molecule has 3 aromatic rings. The lowest BCUT2D eigenvalue weighted by Crippen LogP contribution is -1.98. The van der Waals surface area contributed by atoms with Crippen molar-refractivity contribution in [3.63, 3.8) is 0 Å². The Hall–Kier alpha value is -1.31. The predicted molar refractivity (Wildman–Crippen MR) is 81.7 cm³/mol. The number of nitrogens with zero attached hydrogens (tertiary/aromatic N) is 4. The fourth-order valence-corrected chi connectivity index (χ4v) is 3.07. The Kier molecular flexibility index (Phi) is 4.09. The van der Waals surface area contributed by atoms with Crippen LogP contribution in [0.2, 0.25) is 5.02 Å². The third kappa shape index (κ3) is 2.74. The van der Waals surface area contributed by atoms with Crippen LogP contribution in [-0.4, -0.2) is 26.1 Å². The molecule has 3 rings (SSSR count). The first-order chi connectivity index (χ1) is 9.78. The monoisotopic (exact) mass is 326 g/mol. The molecule has 0 radical (unpaired) electrons. The first kappa shape index (κ1) is 13.7. The first-order valence-electron chi connectivity index (χ1n) is 5.84. The van der Waals surface area contributed by atoms with E-state index < -0.39 is 0 Å². The van der Waals surface area contributed by atoms with Gasteiger partial charge in [0.05, 0.1) is 10.8 Å². The normalized spacial score (nSPS) is 11.1. The maximum atomic E-state index is 6.04. The highest BCUT2D eigenvalue weighted by molar-refractivity contribution is 7.97. The summed E-state index contributed by atoms with van der Waals surface area (Å²) in [6.45, 7) is 0.371. The standard InChI is InChI=1S/C12H11ClN4OS2/c1-19-7-10-14-15-12-17(10)16-11(20-12)6-18-9-5-3-2-4-8(9)13/h2-5H,6-7H2,1H3. The lowest BCUT2D eigenvalue weighted by Gasteiger charge is -2.04. The summed E-state index contributed by atoms with van der Waals surface area (Å²) >= 11 is 9.20. The van der Waals surface area contributed by atoms with Crippen molar-refractivity contribution in [3.05, 3.63) is 40.1 Å². The molecule has 2 aromatic heterocycles. The number of hydrogen-bond acceptors (Lipinski definition) is 6. The number of fused-ring (bicyclic) bond motifs is 1. The van der Waals surface area contributed by atoms with E-state index in [-0.39, 0.29) is 0 Å². The summed E-state index contributed by atoms with van der Waals surface area (Å²) < 4.78 is 7.44. The van der Waals surface area contributed by atoms with Gasteiger partial charge in [-0.25, -0.2) is 0 Å². The number of hydrogen-bond donors (Lipinski definition) is 0. The summed E-state index contributed by atoms with van der Waals surface area (Å²) in [7, 11) is 0. The number of ether oxygens (including phenoxy) is 1. The van der Waals surface area contributed by atoms with Crippen LogP contribution in [0.4, 0.5) is 0 Å². The molecular weight excluding hydrogens is 316 g/mol. The quantitative estimate of drug-likeness (QED) is 0.720. The minimum absolute atomic E-state index is 0.371. The summed E-state index contributed by atoms with van der Waals surface area (Å²) in [6.07, 6.45) is 2.02. The third-order valence-corrected chi connectivity index (χ3v) is 4.29. The average molecular weight is 327 g/mol. The molecule has 0 aliphatic heterocycles. The summed E-state index contributed by atoms with van der Waals surface area (Å²) in [5.41, 5.74) is 0. The second-order valence-corrected chi connectivity index (χ2v) is 6.27. The van der Waals surface area contributed by atoms with Crippen molar-refractivity contribution in [2.75, 3.05) is 6.26 Å². The van der Waals surface area contributed by atoms with Crippen LogP contribution in [0.1, 0.15) is 10.8 Å². The molecule has 8 heteroatoms. The van der Waals surface area contributed by atoms with Crippen LogP contribution in [0, 0.1) is 0 Å². The maximum Gasteiger partial charge on any atom is 0.234 e. The van der Waals surface area contributed by atoms with Crippen LogP contribution in [-0.2, 0) is 12.4 Å². The zero-order valence-corrected chi connectivity index (χ0v) is 13.0. The van der Waals surface area contributed by atoms with Gasteiger partial charge in [-0.2, -0.15) is 21.4 Å². The number of halogens is 1. The van der Waals surface area contributed by atoms with E-state index in [2.05, 4.69) is 15.3 Å². The van der Waals surface area contributed by atoms with Crippen molar-refractivity contribution in [3.8, 4) is 5.75 Å². The summed E-state index contributed by atoms with van der Waals surface area (Å²) in [5.74, 6) is 2.30. The van der Waals surface area contributed by atoms with E-state index in [0.29, 0.717) is 17.4 Å². The zero-order chi connectivity index (χ0) is 13.9. The molecule has 0 aliphatic carbocycles. The number of thioether (sulfide) groups is 1. The van der Waals surface area contributed by atoms with Crippen molar-refractivity contribution in [1.29, 1.82) is 0 Å². The second kappa shape index (κ2) is 5.99. The van der Waals surface area contributed by atoms with Crippen LogP contribution < -0.4 is 4.74 Å². The van der Waals surface area contributed by atoms with Gasteiger partial charge in [0.25, 0.3) is 0 Å². The largest absolute Gasteiger partial charge is 0.485 e. The molecule has 0 amide bonds. The predicted octanol–water partition coefficient (Wildman–Crippen LogP) is 3.28. The molecule has 0 fully saturated rings. The topological polar surface area (TPSA) is 52.3 Å². The van der Waals surface area contributed by atoms with Crippen molar-refractivity contribution < 1.29 is 4.74 Å². The molecule has 0 atom stereocenters. The van der Waals surface area contributed by atoms with Gasteiger partial charge >= 0.3 is 0 Å². The summed E-state index contributed by atoms with van der Waals surface area (Å²) in [5, 5.41) is 14.1. The Morgan fingerprint density at radius 2 is 2.20 bits per heavy atom. The highest BCUT2D eigenvalue weighted by atomic mass is 35.5. The van der Waals surface area contributed by atoms with E-state index in [9.17, 15) is 0 Å². The lowest BCUT2D eigenvalue weighted by atomic mass is 10.3. The van der Waals surface area contributed by atoms with Crippen molar-refractivity contribution >= 4 is 39.7 Å². The number of rotatable bonds is 5. The lowest BCUT2D eigenvalue weighted by molar-refractivity contribution is 0.304. The molecule has 104 valence electrons. The van der Waals surface area contributed by atoms with Crippen LogP contribution in [0.5, 0.6) is 5.75 Å². The second-order valence-electron chi connectivity index (χ2n) is 3.96. The number of aromatic nitrogens is 4. The van der Waals surface area contributed by atoms with Gasteiger partial charge in [-0.1, -0.05) is 35.1 Å². The molecule has 0 bridgehead atoms. The van der Waals surface area contributed by atoms with Gasteiger partial charge in [0.15, 0.2) is 10.8 Å². The minimum atomic E-state index is 0.371. The Bertz CT molecular complexity index is 727. The van der Waals surface area contributed by atoms with E-state index in [0.717, 1.165) is 21.5 Å². The molecule has 0 saturated carbocycles. The van der Waals surface area contributed by atoms with Gasteiger partial charge in [-0.3, -0.25) is 0 Å². The van der Waals surface area contributed by atoms with Gasteiger partial charge in [0.2, 0.25) is 4.96 Å². The minimum Gasteiger partial charge on any atom is -0.485 e. The smallest absolute Gasteiger partial charge is 0.234 e. The van der Waals surface area contributed by atoms with Gasteiger partial charge in [-0.15, -0.1) is 10.2 Å². The zero-order valence-electron chi connectivity index (χ0n) is 10.6. The van der Waals surface area contributed by atoms with E-state index in [1.807, 2.05) is 24.5 Å². The van der Waals surface area contributed by atoms with Crippen LogP contribution in [0.25, 0.3) is 4.96 Å². The summed E-state index contributed by atoms with van der Waals surface area (Å²) in [6, 6.07) is 7.39. The van der Waals surface area contributed by atoms with E-state index in [4.69, 9.17) is 16.3 Å². The van der Waals surface area contributed by atoms with Gasteiger partial charge in [-0.05, 0) is 18.4 Å². The van der Waals surface area contributed by atoms with Crippen LogP contribution >= 0.6 is 34.7 Å². The Morgan fingerprint density at radius 1 is 1.35 bits per heavy atom.